The number of hydrogen-bond acceptors (Lipinski definition) is 6. The first-order valence-corrected chi connectivity index (χ1v) is 7.20. The molecule has 0 spiro atoms. The van der Waals surface area contributed by atoms with E-state index in [-0.39, 0.29) is 6.10 Å². The molecular formula is C15H22N2O4. The first-order chi connectivity index (χ1) is 10.0. The van der Waals surface area contributed by atoms with Gasteiger partial charge in [0.1, 0.15) is 11.4 Å². The topological polar surface area (TPSA) is 80.7 Å². The summed E-state index contributed by atoms with van der Waals surface area (Å²) in [4.78, 5) is 16.2. The van der Waals surface area contributed by atoms with Crippen molar-refractivity contribution in [1.29, 1.82) is 0 Å². The molecular weight excluding hydrogens is 272 g/mol. The van der Waals surface area contributed by atoms with Crippen molar-refractivity contribution in [3.63, 3.8) is 0 Å². The Balaban J connectivity index is 2.04. The van der Waals surface area contributed by atoms with Gasteiger partial charge in [-0.2, -0.15) is 0 Å². The van der Waals surface area contributed by atoms with Gasteiger partial charge in [0.25, 0.3) is 0 Å². The van der Waals surface area contributed by atoms with Gasteiger partial charge >= 0.3 is 5.97 Å². The maximum atomic E-state index is 12.0. The molecule has 1 fully saturated rings. The second-order valence-corrected chi connectivity index (χ2v) is 5.54. The summed E-state index contributed by atoms with van der Waals surface area (Å²) in [5, 5.41) is 13.5. The van der Waals surface area contributed by atoms with E-state index in [2.05, 4.69) is 10.3 Å². The van der Waals surface area contributed by atoms with Gasteiger partial charge in [-0.15, -0.1) is 0 Å². The molecule has 1 aromatic rings. The van der Waals surface area contributed by atoms with Crippen LogP contribution < -0.4 is 5.32 Å². The summed E-state index contributed by atoms with van der Waals surface area (Å²) in [6.45, 7) is 5.01. The highest BCUT2D eigenvalue weighted by atomic mass is 16.5. The number of pyridine rings is 1. The summed E-state index contributed by atoms with van der Waals surface area (Å²) in [6.07, 6.45) is 2.55. The van der Waals surface area contributed by atoms with Crippen LogP contribution in [-0.4, -0.2) is 47.5 Å². The molecule has 6 nitrogen and oxygen atoms in total. The number of aromatic nitrogens is 1. The Kier molecular flexibility index (Phi) is 5.14. The lowest BCUT2D eigenvalue weighted by Gasteiger charge is -2.32. The first kappa shape index (κ1) is 15.7. The molecule has 1 saturated heterocycles. The third kappa shape index (κ3) is 4.41. The Morgan fingerprint density at radius 1 is 1.52 bits per heavy atom. The molecule has 2 rings (SSSR count). The van der Waals surface area contributed by atoms with Gasteiger partial charge in [0.05, 0.1) is 11.7 Å². The lowest BCUT2D eigenvalue weighted by atomic mass is 9.94. The van der Waals surface area contributed by atoms with Crippen molar-refractivity contribution in [1.82, 2.24) is 4.98 Å². The molecule has 0 aromatic carbocycles. The van der Waals surface area contributed by atoms with Crippen molar-refractivity contribution in [2.24, 2.45) is 0 Å². The van der Waals surface area contributed by atoms with Crippen LogP contribution in [0, 0.1) is 0 Å². The van der Waals surface area contributed by atoms with Crippen LogP contribution in [0.4, 0.5) is 5.82 Å². The lowest BCUT2D eigenvalue weighted by molar-refractivity contribution is -0.0544. The molecule has 1 aliphatic heterocycles. The van der Waals surface area contributed by atoms with Gasteiger partial charge in [-0.1, -0.05) is 0 Å². The number of nitrogens with one attached hydrogen (secondary N) is 1. The predicted octanol–water partition coefficient (Wildman–Crippen LogP) is 1.60. The molecule has 0 amide bonds. The van der Waals surface area contributed by atoms with Gasteiger partial charge in [0.2, 0.25) is 0 Å². The Morgan fingerprint density at radius 2 is 2.24 bits per heavy atom. The summed E-state index contributed by atoms with van der Waals surface area (Å²) < 4.78 is 10.4. The van der Waals surface area contributed by atoms with Crippen molar-refractivity contribution in [2.45, 2.75) is 38.4 Å². The number of carbonyl (C=O) groups is 1. The summed E-state index contributed by atoms with van der Waals surface area (Å²) >= 11 is 0. The van der Waals surface area contributed by atoms with Crippen LogP contribution >= 0.6 is 0 Å². The van der Waals surface area contributed by atoms with E-state index in [9.17, 15) is 9.90 Å². The van der Waals surface area contributed by atoms with Crippen LogP contribution in [0.1, 0.15) is 37.0 Å². The third-order valence-electron chi connectivity index (χ3n) is 3.38. The highest BCUT2D eigenvalue weighted by Gasteiger charge is 2.30. The number of aliphatic hydroxyl groups is 1. The SMILES string of the molecule is CC(C)OC(=O)c1cccnc1NCC1(O)CCOCC1. The van der Waals surface area contributed by atoms with E-state index in [0.717, 1.165) is 0 Å². The van der Waals surface area contributed by atoms with Crippen LogP contribution in [0.25, 0.3) is 0 Å². The maximum absolute atomic E-state index is 12.0. The Bertz CT molecular complexity index is 484. The number of anilines is 1. The Morgan fingerprint density at radius 3 is 2.90 bits per heavy atom. The molecule has 2 heterocycles. The Labute approximate surface area is 124 Å². The zero-order valence-corrected chi connectivity index (χ0v) is 12.5. The van der Waals surface area contributed by atoms with Crippen LogP contribution in [0.2, 0.25) is 0 Å². The lowest BCUT2D eigenvalue weighted by Crippen LogP contribution is -2.42. The first-order valence-electron chi connectivity index (χ1n) is 7.20. The molecule has 0 radical (unpaired) electrons. The largest absolute Gasteiger partial charge is 0.459 e. The van der Waals surface area contributed by atoms with Crippen molar-refractivity contribution in [2.75, 3.05) is 25.1 Å². The number of ether oxygens (including phenoxy) is 2. The zero-order chi connectivity index (χ0) is 15.3. The second kappa shape index (κ2) is 6.87. The molecule has 0 atom stereocenters. The minimum atomic E-state index is -0.824. The molecule has 0 aliphatic carbocycles. The van der Waals surface area contributed by atoms with E-state index in [1.165, 1.54) is 0 Å². The monoisotopic (exact) mass is 294 g/mol. The van der Waals surface area contributed by atoms with E-state index < -0.39 is 11.6 Å². The molecule has 21 heavy (non-hydrogen) atoms. The quantitative estimate of drug-likeness (QED) is 0.803. The maximum Gasteiger partial charge on any atom is 0.342 e. The normalized spacial score (nSPS) is 17.5. The van der Waals surface area contributed by atoms with E-state index in [1.807, 2.05) is 0 Å². The molecule has 1 aliphatic rings. The second-order valence-electron chi connectivity index (χ2n) is 5.54. The number of carbonyl (C=O) groups excluding carboxylic acids is 1. The van der Waals surface area contributed by atoms with Crippen molar-refractivity contribution in [3.8, 4) is 0 Å². The molecule has 116 valence electrons. The highest BCUT2D eigenvalue weighted by molar-refractivity contribution is 5.94. The average Bonchev–Trinajstić information content (AvgIpc) is 2.45. The van der Waals surface area contributed by atoms with Crippen LogP contribution in [0.15, 0.2) is 18.3 Å². The van der Waals surface area contributed by atoms with E-state index in [4.69, 9.17) is 9.47 Å². The summed E-state index contributed by atoms with van der Waals surface area (Å²) in [7, 11) is 0. The number of hydrogen-bond donors (Lipinski definition) is 2. The predicted molar refractivity (Wildman–Crippen MR) is 78.3 cm³/mol. The van der Waals surface area contributed by atoms with E-state index >= 15 is 0 Å². The van der Waals surface area contributed by atoms with Crippen LogP contribution in [0.3, 0.4) is 0 Å². The fourth-order valence-corrected chi connectivity index (χ4v) is 2.16. The van der Waals surface area contributed by atoms with Gasteiger partial charge < -0.3 is 19.9 Å². The fraction of sp³-hybridized carbons (Fsp3) is 0.600. The standard InChI is InChI=1S/C15H22N2O4/c1-11(2)21-14(18)12-4-3-7-16-13(12)17-10-15(19)5-8-20-9-6-15/h3-4,7,11,19H,5-6,8-10H2,1-2H3,(H,16,17). The van der Waals surface area contributed by atoms with Crippen molar-refractivity contribution < 1.29 is 19.4 Å². The molecule has 0 bridgehead atoms. The van der Waals surface area contributed by atoms with Crippen LogP contribution in [0.5, 0.6) is 0 Å². The van der Waals surface area contributed by atoms with E-state index in [0.29, 0.717) is 44.0 Å². The third-order valence-corrected chi connectivity index (χ3v) is 3.38. The molecule has 2 N–H and O–H groups in total. The number of rotatable bonds is 5. The number of esters is 1. The van der Waals surface area contributed by atoms with Gasteiger partial charge in [-0.3, -0.25) is 0 Å². The smallest absolute Gasteiger partial charge is 0.342 e. The Hall–Kier alpha value is -1.66. The minimum Gasteiger partial charge on any atom is -0.459 e. The molecule has 1 aromatic heterocycles. The summed E-state index contributed by atoms with van der Waals surface area (Å²) in [6, 6.07) is 3.35. The minimum absolute atomic E-state index is 0.190. The molecule has 6 heteroatoms. The van der Waals surface area contributed by atoms with Crippen molar-refractivity contribution in [3.05, 3.63) is 23.9 Å². The van der Waals surface area contributed by atoms with Crippen molar-refractivity contribution >= 4 is 11.8 Å². The fourth-order valence-electron chi connectivity index (χ4n) is 2.16. The van der Waals surface area contributed by atoms with Gasteiger partial charge in [0, 0.05) is 38.8 Å². The van der Waals surface area contributed by atoms with Gasteiger partial charge in [-0.25, -0.2) is 9.78 Å². The summed E-state index contributed by atoms with van der Waals surface area (Å²) in [5.74, 6) is 0.0163. The average molecular weight is 294 g/mol. The van der Waals surface area contributed by atoms with Gasteiger partial charge in [-0.05, 0) is 26.0 Å². The molecule has 0 saturated carbocycles. The molecule has 0 unspecified atom stereocenters. The highest BCUT2D eigenvalue weighted by Crippen LogP contribution is 2.22. The zero-order valence-electron chi connectivity index (χ0n) is 12.5. The van der Waals surface area contributed by atoms with E-state index in [1.54, 1.807) is 32.2 Å². The van der Waals surface area contributed by atoms with Crippen LogP contribution in [-0.2, 0) is 9.47 Å². The number of nitrogens with zero attached hydrogens (tertiary/aromatic N) is 1. The summed E-state index contributed by atoms with van der Waals surface area (Å²) in [5.41, 5.74) is -0.448. The van der Waals surface area contributed by atoms with Gasteiger partial charge in [0.15, 0.2) is 0 Å².